The first-order valence-corrected chi connectivity index (χ1v) is 6.25. The average molecular weight is 224 g/mol. The third kappa shape index (κ3) is 2.04. The van der Waals surface area contributed by atoms with Gasteiger partial charge in [-0.1, -0.05) is 13.8 Å². The number of hydrogen-bond donors (Lipinski definition) is 1. The Balaban J connectivity index is 2.17. The molecule has 2 heterocycles. The molecule has 1 aromatic heterocycles. The Bertz CT molecular complexity index is 347. The van der Waals surface area contributed by atoms with Gasteiger partial charge in [0.2, 0.25) is 5.91 Å². The van der Waals surface area contributed by atoms with Crippen LogP contribution in [-0.4, -0.2) is 16.4 Å². The van der Waals surface area contributed by atoms with Crippen LogP contribution in [0.15, 0.2) is 10.9 Å². The number of rotatable bonds is 3. The molecule has 1 fully saturated rings. The quantitative estimate of drug-likeness (QED) is 0.853. The third-order valence-electron chi connectivity index (χ3n) is 3.27. The lowest BCUT2D eigenvalue weighted by Gasteiger charge is -2.32. The molecule has 0 aromatic carbocycles. The van der Waals surface area contributed by atoms with E-state index in [4.69, 9.17) is 0 Å². The highest BCUT2D eigenvalue weighted by Crippen LogP contribution is 2.31. The molecule has 0 bridgehead atoms. The fourth-order valence-corrected chi connectivity index (χ4v) is 2.72. The van der Waals surface area contributed by atoms with Crippen LogP contribution in [0.1, 0.15) is 32.4 Å². The molecule has 1 unspecified atom stereocenters. The first-order valence-electron chi connectivity index (χ1n) is 5.30. The minimum atomic E-state index is -0.0643. The van der Waals surface area contributed by atoms with Crippen LogP contribution in [0.25, 0.3) is 0 Å². The Morgan fingerprint density at radius 2 is 2.47 bits per heavy atom. The van der Waals surface area contributed by atoms with E-state index in [9.17, 15) is 4.79 Å². The summed E-state index contributed by atoms with van der Waals surface area (Å²) < 4.78 is 0. The topological polar surface area (TPSA) is 42.0 Å². The number of thiazole rings is 1. The number of nitrogens with one attached hydrogen (secondary N) is 1. The van der Waals surface area contributed by atoms with E-state index in [1.165, 1.54) is 0 Å². The van der Waals surface area contributed by atoms with E-state index in [0.29, 0.717) is 12.3 Å². The Kier molecular flexibility index (Phi) is 2.78. The number of carbonyl (C=O) groups excluding carboxylic acids is 1. The molecule has 1 amide bonds. The summed E-state index contributed by atoms with van der Waals surface area (Å²) in [5, 5.41) is 5.19. The number of hydrogen-bond acceptors (Lipinski definition) is 3. The Morgan fingerprint density at radius 1 is 1.67 bits per heavy atom. The molecule has 0 saturated carbocycles. The van der Waals surface area contributed by atoms with Gasteiger partial charge in [-0.2, -0.15) is 0 Å². The lowest BCUT2D eigenvalue weighted by Crippen LogP contribution is -2.48. The van der Waals surface area contributed by atoms with Crippen LogP contribution in [-0.2, 0) is 11.2 Å². The first-order chi connectivity index (χ1) is 7.12. The summed E-state index contributed by atoms with van der Waals surface area (Å²) in [7, 11) is 0. The zero-order valence-electron chi connectivity index (χ0n) is 9.12. The van der Waals surface area contributed by atoms with Crippen molar-refractivity contribution in [2.45, 2.75) is 38.6 Å². The fraction of sp³-hybridized carbons (Fsp3) is 0.636. The minimum Gasteiger partial charge on any atom is -0.350 e. The van der Waals surface area contributed by atoms with E-state index < -0.39 is 0 Å². The summed E-state index contributed by atoms with van der Waals surface area (Å²) in [6, 6.07) is 0. The number of nitrogens with zero attached hydrogens (tertiary/aromatic N) is 1. The van der Waals surface area contributed by atoms with Gasteiger partial charge in [-0.15, -0.1) is 11.3 Å². The van der Waals surface area contributed by atoms with Crippen molar-refractivity contribution in [2.75, 3.05) is 0 Å². The van der Waals surface area contributed by atoms with Crippen molar-refractivity contribution in [2.24, 2.45) is 5.92 Å². The van der Waals surface area contributed by atoms with E-state index in [-0.39, 0.29) is 11.4 Å². The molecule has 1 atom stereocenters. The van der Waals surface area contributed by atoms with Crippen LogP contribution in [0, 0.1) is 5.92 Å². The lowest BCUT2D eigenvalue weighted by molar-refractivity contribution is -0.120. The SMILES string of the molecule is CC(C)C1(Cc2cscn2)CCC(=O)N1. The third-order valence-corrected chi connectivity index (χ3v) is 3.91. The Morgan fingerprint density at radius 3 is 2.93 bits per heavy atom. The normalized spacial score (nSPS) is 25.9. The second kappa shape index (κ2) is 3.93. The van der Waals surface area contributed by atoms with Crippen LogP contribution >= 0.6 is 11.3 Å². The highest BCUT2D eigenvalue weighted by molar-refractivity contribution is 7.07. The van der Waals surface area contributed by atoms with Crippen LogP contribution in [0.5, 0.6) is 0 Å². The molecule has 4 heteroatoms. The molecule has 82 valence electrons. The van der Waals surface area contributed by atoms with Crippen LogP contribution in [0.4, 0.5) is 0 Å². The smallest absolute Gasteiger partial charge is 0.220 e. The molecule has 1 aliphatic rings. The Labute approximate surface area is 93.9 Å². The van der Waals surface area contributed by atoms with Crippen LogP contribution in [0.3, 0.4) is 0 Å². The van der Waals surface area contributed by atoms with Gasteiger partial charge in [0.25, 0.3) is 0 Å². The highest BCUT2D eigenvalue weighted by Gasteiger charge is 2.40. The van der Waals surface area contributed by atoms with Crippen molar-refractivity contribution in [3.63, 3.8) is 0 Å². The predicted molar refractivity (Wildman–Crippen MR) is 60.8 cm³/mol. The second-order valence-electron chi connectivity index (χ2n) is 4.52. The molecule has 1 aliphatic heterocycles. The van der Waals surface area contributed by atoms with Gasteiger partial charge in [-0.05, 0) is 12.3 Å². The second-order valence-corrected chi connectivity index (χ2v) is 5.23. The standard InChI is InChI=1S/C11H16N2OS/c1-8(2)11(4-3-10(14)13-11)5-9-6-15-7-12-9/h6-8H,3-5H2,1-2H3,(H,13,14). The van der Waals surface area contributed by atoms with Crippen molar-refractivity contribution < 1.29 is 4.79 Å². The average Bonchev–Trinajstić information content (AvgIpc) is 2.77. The number of aromatic nitrogens is 1. The fourth-order valence-electron chi connectivity index (χ4n) is 2.16. The van der Waals surface area contributed by atoms with Gasteiger partial charge in [0.05, 0.1) is 11.2 Å². The summed E-state index contributed by atoms with van der Waals surface area (Å²) >= 11 is 1.61. The monoisotopic (exact) mass is 224 g/mol. The maximum Gasteiger partial charge on any atom is 0.220 e. The van der Waals surface area contributed by atoms with Gasteiger partial charge in [-0.25, -0.2) is 4.98 Å². The van der Waals surface area contributed by atoms with E-state index in [0.717, 1.165) is 18.5 Å². The summed E-state index contributed by atoms with van der Waals surface area (Å²) in [5.74, 6) is 0.629. The summed E-state index contributed by atoms with van der Waals surface area (Å²) in [6.45, 7) is 4.33. The molecule has 0 aliphatic carbocycles. The van der Waals surface area contributed by atoms with Gasteiger partial charge >= 0.3 is 0 Å². The summed E-state index contributed by atoms with van der Waals surface area (Å²) in [4.78, 5) is 15.7. The summed E-state index contributed by atoms with van der Waals surface area (Å²) in [5.41, 5.74) is 2.88. The molecule has 1 aromatic rings. The van der Waals surface area contributed by atoms with Gasteiger partial charge in [0.15, 0.2) is 0 Å². The Hall–Kier alpha value is -0.900. The molecular formula is C11H16N2OS. The zero-order valence-corrected chi connectivity index (χ0v) is 9.93. The van der Waals surface area contributed by atoms with Crippen molar-refractivity contribution in [3.05, 3.63) is 16.6 Å². The maximum absolute atomic E-state index is 11.4. The molecule has 1 N–H and O–H groups in total. The molecule has 0 radical (unpaired) electrons. The highest BCUT2D eigenvalue weighted by atomic mass is 32.1. The van der Waals surface area contributed by atoms with Crippen molar-refractivity contribution in [3.8, 4) is 0 Å². The largest absolute Gasteiger partial charge is 0.350 e. The van der Waals surface area contributed by atoms with E-state index in [1.54, 1.807) is 11.3 Å². The van der Waals surface area contributed by atoms with E-state index in [1.807, 2.05) is 5.51 Å². The van der Waals surface area contributed by atoms with Gasteiger partial charge in [0.1, 0.15) is 0 Å². The minimum absolute atomic E-state index is 0.0643. The van der Waals surface area contributed by atoms with E-state index >= 15 is 0 Å². The van der Waals surface area contributed by atoms with Gasteiger partial charge in [-0.3, -0.25) is 4.79 Å². The summed E-state index contributed by atoms with van der Waals surface area (Å²) in [6.07, 6.45) is 2.45. The van der Waals surface area contributed by atoms with Crippen LogP contribution < -0.4 is 5.32 Å². The molecule has 15 heavy (non-hydrogen) atoms. The molecule has 3 nitrogen and oxygen atoms in total. The lowest BCUT2D eigenvalue weighted by atomic mass is 9.81. The molecule has 0 spiro atoms. The molecule has 1 saturated heterocycles. The molecular weight excluding hydrogens is 208 g/mol. The predicted octanol–water partition coefficient (Wildman–Crippen LogP) is 1.99. The van der Waals surface area contributed by atoms with Gasteiger partial charge in [0, 0.05) is 23.8 Å². The maximum atomic E-state index is 11.4. The number of carbonyl (C=O) groups is 1. The first kappa shape index (κ1) is 10.6. The zero-order chi connectivity index (χ0) is 10.9. The van der Waals surface area contributed by atoms with Gasteiger partial charge < -0.3 is 5.32 Å². The van der Waals surface area contributed by atoms with Crippen molar-refractivity contribution >= 4 is 17.2 Å². The molecule has 2 rings (SSSR count). The van der Waals surface area contributed by atoms with E-state index in [2.05, 4.69) is 29.5 Å². The van der Waals surface area contributed by atoms with Crippen LogP contribution in [0.2, 0.25) is 0 Å². The van der Waals surface area contributed by atoms with Crippen molar-refractivity contribution in [1.82, 2.24) is 10.3 Å². The van der Waals surface area contributed by atoms with Crippen molar-refractivity contribution in [1.29, 1.82) is 0 Å². The number of amides is 1.